The predicted molar refractivity (Wildman–Crippen MR) is 87.0 cm³/mol. The van der Waals surface area contributed by atoms with Crippen LogP contribution in [0.4, 0.5) is 5.69 Å². The van der Waals surface area contributed by atoms with Crippen LogP contribution in [0.25, 0.3) is 0 Å². The highest BCUT2D eigenvalue weighted by Gasteiger charge is 2.28. The maximum Gasteiger partial charge on any atom is 0.243 e. The molecule has 0 saturated carbocycles. The molecule has 1 fully saturated rings. The molecule has 1 N–H and O–H groups in total. The smallest absolute Gasteiger partial charge is 0.243 e. The Balaban J connectivity index is 2.06. The third-order valence-corrected chi connectivity index (χ3v) is 5.85. The summed E-state index contributed by atoms with van der Waals surface area (Å²) >= 11 is 0. The molecule has 5 heteroatoms. The highest BCUT2D eigenvalue weighted by atomic mass is 32.2. The number of unbranched alkanes of at least 4 members (excludes halogenated alkanes) is 1. The number of piperidine rings is 1. The number of hydrogen-bond donors (Lipinski definition) is 1. The highest BCUT2D eigenvalue weighted by Crippen LogP contribution is 2.24. The second kappa shape index (κ2) is 7.27. The van der Waals surface area contributed by atoms with Crippen LogP contribution in [0.3, 0.4) is 0 Å². The van der Waals surface area contributed by atoms with Gasteiger partial charge in [0.25, 0.3) is 0 Å². The van der Waals surface area contributed by atoms with Crippen molar-refractivity contribution < 1.29 is 8.42 Å². The van der Waals surface area contributed by atoms with Crippen molar-refractivity contribution in [3.05, 3.63) is 24.3 Å². The Bertz CT molecular complexity index is 540. The van der Waals surface area contributed by atoms with E-state index in [1.807, 2.05) is 12.1 Å². The number of nitrogens with zero attached hydrogens (tertiary/aromatic N) is 1. The molecule has 1 heterocycles. The van der Waals surface area contributed by atoms with Gasteiger partial charge in [-0.3, -0.25) is 0 Å². The fraction of sp³-hybridized carbons (Fsp3) is 0.625. The second-order valence-electron chi connectivity index (χ2n) is 5.92. The quantitative estimate of drug-likeness (QED) is 0.820. The summed E-state index contributed by atoms with van der Waals surface area (Å²) in [5.41, 5.74) is 0.981. The molecular weight excluding hydrogens is 284 g/mol. The van der Waals surface area contributed by atoms with Crippen molar-refractivity contribution in [1.29, 1.82) is 0 Å². The summed E-state index contributed by atoms with van der Waals surface area (Å²) in [7, 11) is -3.33. The first-order chi connectivity index (χ1) is 10.0. The molecule has 1 saturated heterocycles. The minimum atomic E-state index is -3.33. The molecule has 4 nitrogen and oxygen atoms in total. The van der Waals surface area contributed by atoms with Gasteiger partial charge in [0.05, 0.1) is 4.90 Å². The van der Waals surface area contributed by atoms with Crippen LogP contribution in [0.5, 0.6) is 0 Å². The van der Waals surface area contributed by atoms with Crippen LogP contribution in [-0.2, 0) is 10.0 Å². The van der Waals surface area contributed by atoms with E-state index in [0.717, 1.165) is 37.9 Å². The molecule has 0 aromatic heterocycles. The van der Waals surface area contributed by atoms with Crippen LogP contribution in [0.2, 0.25) is 0 Å². The van der Waals surface area contributed by atoms with E-state index in [0.29, 0.717) is 23.9 Å². The molecule has 118 valence electrons. The fourth-order valence-corrected chi connectivity index (χ4v) is 4.27. The average molecular weight is 310 g/mol. The van der Waals surface area contributed by atoms with Crippen molar-refractivity contribution in [2.45, 2.75) is 44.4 Å². The zero-order chi connectivity index (χ0) is 15.3. The maximum absolute atomic E-state index is 12.6. The van der Waals surface area contributed by atoms with Crippen LogP contribution in [0, 0.1) is 5.92 Å². The number of rotatable bonds is 6. The van der Waals surface area contributed by atoms with E-state index < -0.39 is 10.0 Å². The monoisotopic (exact) mass is 310 g/mol. The molecule has 21 heavy (non-hydrogen) atoms. The first kappa shape index (κ1) is 16.3. The molecule has 1 aliphatic rings. The molecule has 1 aliphatic heterocycles. The van der Waals surface area contributed by atoms with Crippen LogP contribution in [0.1, 0.15) is 39.5 Å². The predicted octanol–water partition coefficient (Wildman–Crippen LogP) is 3.32. The minimum Gasteiger partial charge on any atom is -0.385 e. The van der Waals surface area contributed by atoms with Crippen molar-refractivity contribution in [2.75, 3.05) is 25.0 Å². The molecule has 1 unspecified atom stereocenters. The summed E-state index contributed by atoms with van der Waals surface area (Å²) in [6, 6.07) is 7.14. The Labute approximate surface area is 128 Å². The number of sulfonamides is 1. The Hall–Kier alpha value is -1.07. The van der Waals surface area contributed by atoms with E-state index in [9.17, 15) is 8.42 Å². The lowest BCUT2D eigenvalue weighted by atomic mass is 10.0. The molecule has 1 aromatic rings. The standard InChI is InChI=1S/C16H26N2O2S/c1-3-4-11-17-15-7-9-16(10-8-15)21(19,20)18-12-5-6-14(2)13-18/h7-10,14,17H,3-6,11-13H2,1-2H3. The van der Waals surface area contributed by atoms with Crippen molar-refractivity contribution in [1.82, 2.24) is 4.31 Å². The largest absolute Gasteiger partial charge is 0.385 e. The second-order valence-corrected chi connectivity index (χ2v) is 7.85. The van der Waals surface area contributed by atoms with E-state index in [1.165, 1.54) is 0 Å². The molecule has 0 radical (unpaired) electrons. The summed E-state index contributed by atoms with van der Waals surface area (Å²) in [5, 5.41) is 3.30. The molecule has 2 rings (SSSR count). The first-order valence-electron chi connectivity index (χ1n) is 7.88. The molecule has 0 aliphatic carbocycles. The molecule has 0 bridgehead atoms. The van der Waals surface area contributed by atoms with Gasteiger partial charge >= 0.3 is 0 Å². The van der Waals surface area contributed by atoms with Gasteiger partial charge in [0.1, 0.15) is 0 Å². The first-order valence-corrected chi connectivity index (χ1v) is 9.32. The van der Waals surface area contributed by atoms with Crippen molar-refractivity contribution in [3.8, 4) is 0 Å². The van der Waals surface area contributed by atoms with Gasteiger partial charge in [0.15, 0.2) is 0 Å². The minimum absolute atomic E-state index is 0.401. The zero-order valence-corrected chi connectivity index (χ0v) is 13.8. The van der Waals surface area contributed by atoms with Gasteiger partial charge < -0.3 is 5.32 Å². The lowest BCUT2D eigenvalue weighted by molar-refractivity contribution is 0.281. The topological polar surface area (TPSA) is 49.4 Å². The third kappa shape index (κ3) is 4.20. The maximum atomic E-state index is 12.6. The lowest BCUT2D eigenvalue weighted by Crippen LogP contribution is -2.39. The number of anilines is 1. The highest BCUT2D eigenvalue weighted by molar-refractivity contribution is 7.89. The summed E-state index contributed by atoms with van der Waals surface area (Å²) in [6.07, 6.45) is 4.34. The normalized spacial score (nSPS) is 20.4. The van der Waals surface area contributed by atoms with E-state index in [4.69, 9.17) is 0 Å². The van der Waals surface area contributed by atoms with Crippen LogP contribution >= 0.6 is 0 Å². The fourth-order valence-electron chi connectivity index (χ4n) is 2.67. The SMILES string of the molecule is CCCCNc1ccc(S(=O)(=O)N2CCCC(C)C2)cc1. The molecule has 1 atom stereocenters. The van der Waals surface area contributed by atoms with E-state index in [-0.39, 0.29) is 0 Å². The Morgan fingerprint density at radius 2 is 2.00 bits per heavy atom. The van der Waals surface area contributed by atoms with E-state index in [1.54, 1.807) is 16.4 Å². The van der Waals surface area contributed by atoms with Gasteiger partial charge in [0, 0.05) is 25.3 Å². The summed E-state index contributed by atoms with van der Waals surface area (Å²) in [6.45, 7) is 6.47. The lowest BCUT2D eigenvalue weighted by Gasteiger charge is -2.30. The van der Waals surface area contributed by atoms with Crippen LogP contribution in [0.15, 0.2) is 29.2 Å². The van der Waals surface area contributed by atoms with Gasteiger partial charge in [0.2, 0.25) is 10.0 Å². The molecular formula is C16H26N2O2S. The summed E-state index contributed by atoms with van der Waals surface area (Å²) in [4.78, 5) is 0.401. The van der Waals surface area contributed by atoms with Gasteiger partial charge in [-0.1, -0.05) is 20.3 Å². The number of hydrogen-bond acceptors (Lipinski definition) is 3. The number of nitrogens with one attached hydrogen (secondary N) is 1. The van der Waals surface area contributed by atoms with Crippen molar-refractivity contribution in [2.24, 2.45) is 5.92 Å². The average Bonchev–Trinajstić information content (AvgIpc) is 2.48. The zero-order valence-electron chi connectivity index (χ0n) is 13.0. The molecule has 1 aromatic carbocycles. The van der Waals surface area contributed by atoms with Gasteiger partial charge in [-0.2, -0.15) is 4.31 Å². The Morgan fingerprint density at radius 1 is 1.29 bits per heavy atom. The van der Waals surface area contributed by atoms with Crippen LogP contribution < -0.4 is 5.32 Å². The summed E-state index contributed by atoms with van der Waals surface area (Å²) < 4.78 is 26.8. The van der Waals surface area contributed by atoms with Crippen LogP contribution in [-0.4, -0.2) is 32.4 Å². The third-order valence-electron chi connectivity index (χ3n) is 3.97. The molecule has 0 spiro atoms. The van der Waals surface area contributed by atoms with Gasteiger partial charge in [-0.15, -0.1) is 0 Å². The number of benzene rings is 1. The van der Waals surface area contributed by atoms with Crippen molar-refractivity contribution in [3.63, 3.8) is 0 Å². The van der Waals surface area contributed by atoms with Gasteiger partial charge in [-0.05, 0) is 49.4 Å². The Morgan fingerprint density at radius 3 is 2.62 bits per heavy atom. The summed E-state index contributed by atoms with van der Waals surface area (Å²) in [5.74, 6) is 0.448. The van der Waals surface area contributed by atoms with E-state index in [2.05, 4.69) is 19.2 Å². The van der Waals surface area contributed by atoms with E-state index >= 15 is 0 Å². The van der Waals surface area contributed by atoms with Gasteiger partial charge in [-0.25, -0.2) is 8.42 Å². The molecule has 0 amide bonds. The van der Waals surface area contributed by atoms with Crippen molar-refractivity contribution >= 4 is 15.7 Å². The Kier molecular flexibility index (Phi) is 5.65.